The molecule has 0 atom stereocenters. The van der Waals surface area contributed by atoms with Crippen LogP contribution in [0.4, 0.5) is 0 Å². The second kappa shape index (κ2) is 11.9. The zero-order valence-electron chi connectivity index (χ0n) is 15.6. The third-order valence-electron chi connectivity index (χ3n) is 4.31. The van der Waals surface area contributed by atoms with Crippen LogP contribution < -0.4 is 0 Å². The van der Waals surface area contributed by atoms with Crippen molar-refractivity contribution >= 4 is 19.5 Å². The molecular weight excluding hydrogens is 292 g/mol. The Bertz CT molecular complexity index is 211. The van der Waals surface area contributed by atoms with Gasteiger partial charge in [0.1, 0.15) is 0 Å². The molecule has 0 amide bonds. The minimum atomic E-state index is -0.394. The molecule has 4 heteroatoms. The Balaban J connectivity index is 4.01. The molecule has 0 radical (unpaired) electrons. The lowest BCUT2D eigenvalue weighted by atomic mass is 9.95. The van der Waals surface area contributed by atoms with Crippen molar-refractivity contribution in [1.82, 2.24) is 0 Å². The van der Waals surface area contributed by atoms with Crippen LogP contribution in [-0.4, -0.2) is 30.7 Å². The van der Waals surface area contributed by atoms with E-state index in [1.807, 2.05) is 0 Å². The van der Waals surface area contributed by atoms with Gasteiger partial charge in [0, 0.05) is 0 Å². The van der Waals surface area contributed by atoms with E-state index in [0.29, 0.717) is 0 Å². The average molecular weight is 333 g/mol. The highest BCUT2D eigenvalue weighted by molar-refractivity contribution is 6.48. The molecule has 0 aromatic carbocycles. The van der Waals surface area contributed by atoms with Crippen LogP contribution in [0, 0.1) is 0 Å². The van der Waals surface area contributed by atoms with E-state index in [2.05, 4.69) is 41.5 Å². The van der Waals surface area contributed by atoms with Crippen molar-refractivity contribution in [2.75, 3.05) is 0 Å². The molecule has 0 saturated carbocycles. The van der Waals surface area contributed by atoms with Gasteiger partial charge in [0.25, 0.3) is 0 Å². The van der Waals surface area contributed by atoms with Gasteiger partial charge >= 0.3 is 0 Å². The molecule has 2 nitrogen and oxygen atoms in total. The van der Waals surface area contributed by atoms with E-state index in [9.17, 15) is 0 Å². The Morgan fingerprint density at radius 3 is 1.14 bits per heavy atom. The Morgan fingerprint density at radius 1 is 0.619 bits per heavy atom. The van der Waals surface area contributed by atoms with Gasteiger partial charge in [-0.15, -0.1) is 0 Å². The van der Waals surface area contributed by atoms with Crippen LogP contribution in [0.1, 0.15) is 92.9 Å². The van der Waals surface area contributed by atoms with Gasteiger partial charge in [-0.25, -0.2) is 0 Å². The zero-order valence-corrected chi connectivity index (χ0v) is 18.4. The van der Waals surface area contributed by atoms with E-state index < -0.39 is 19.5 Å². The standard InChI is InChI=1S/C17H40O2Si2/c1-7-11-16(5,12-8-2)18-20-15-21-19-17(6,13-9-3)14-10-4/h7-15,20-21H2,1-6H3. The summed E-state index contributed by atoms with van der Waals surface area (Å²) in [5, 5.41) is 0. The molecule has 128 valence electrons. The summed E-state index contributed by atoms with van der Waals surface area (Å²) in [7, 11) is -0.787. The summed E-state index contributed by atoms with van der Waals surface area (Å²) in [4.78, 5) is 0. The minimum Gasteiger partial charge on any atom is -0.419 e. The van der Waals surface area contributed by atoms with E-state index in [0.717, 1.165) is 0 Å². The van der Waals surface area contributed by atoms with Gasteiger partial charge < -0.3 is 8.85 Å². The van der Waals surface area contributed by atoms with Gasteiger partial charge in [-0.3, -0.25) is 0 Å². The first-order valence-corrected chi connectivity index (χ1v) is 12.4. The van der Waals surface area contributed by atoms with Crippen LogP contribution in [0.3, 0.4) is 0 Å². The molecule has 0 saturated heterocycles. The van der Waals surface area contributed by atoms with Crippen LogP contribution in [0.2, 0.25) is 5.67 Å². The second-order valence-electron chi connectivity index (χ2n) is 6.95. The molecule has 0 aliphatic rings. The molecule has 0 fully saturated rings. The minimum absolute atomic E-state index is 0.153. The molecule has 21 heavy (non-hydrogen) atoms. The van der Waals surface area contributed by atoms with Crippen molar-refractivity contribution in [2.24, 2.45) is 0 Å². The lowest BCUT2D eigenvalue weighted by molar-refractivity contribution is 0.0678. The summed E-state index contributed by atoms with van der Waals surface area (Å²) >= 11 is 0. The lowest BCUT2D eigenvalue weighted by Gasteiger charge is -2.32. The molecular formula is C17H40O2Si2. The topological polar surface area (TPSA) is 18.5 Å². The fourth-order valence-electron chi connectivity index (χ4n) is 3.35. The first kappa shape index (κ1) is 21.4. The van der Waals surface area contributed by atoms with Crippen molar-refractivity contribution in [2.45, 2.75) is 110 Å². The normalized spacial score (nSPS) is 14.0. The first-order valence-electron chi connectivity index (χ1n) is 9.23. The van der Waals surface area contributed by atoms with E-state index in [-0.39, 0.29) is 11.2 Å². The molecule has 0 bridgehead atoms. The van der Waals surface area contributed by atoms with E-state index in [1.165, 1.54) is 57.0 Å². The van der Waals surface area contributed by atoms with Crippen molar-refractivity contribution in [3.8, 4) is 0 Å². The highest BCUT2D eigenvalue weighted by atomic mass is 28.3. The summed E-state index contributed by atoms with van der Waals surface area (Å²) in [6.07, 6.45) is 9.74. The molecule has 0 aliphatic carbocycles. The van der Waals surface area contributed by atoms with E-state index in [4.69, 9.17) is 8.85 Å². The molecule has 0 aliphatic heterocycles. The van der Waals surface area contributed by atoms with Crippen LogP contribution in [-0.2, 0) is 8.85 Å². The molecule has 0 unspecified atom stereocenters. The SMILES string of the molecule is CCCC(C)(CCC)O[SiH2]C[SiH2]OC(C)(CCC)CCC. The largest absolute Gasteiger partial charge is 0.419 e. The summed E-state index contributed by atoms with van der Waals surface area (Å²) in [6.45, 7) is 13.7. The maximum absolute atomic E-state index is 6.34. The summed E-state index contributed by atoms with van der Waals surface area (Å²) in [6, 6.07) is 0. The van der Waals surface area contributed by atoms with E-state index >= 15 is 0 Å². The average Bonchev–Trinajstić information content (AvgIpc) is 2.39. The smallest absolute Gasteiger partial charge is 0.161 e. The van der Waals surface area contributed by atoms with E-state index in [1.54, 1.807) is 0 Å². The summed E-state index contributed by atoms with van der Waals surface area (Å²) in [5.41, 5.74) is 1.59. The van der Waals surface area contributed by atoms with Crippen LogP contribution in [0.25, 0.3) is 0 Å². The molecule has 0 heterocycles. The number of rotatable bonds is 14. The van der Waals surface area contributed by atoms with Crippen LogP contribution >= 0.6 is 0 Å². The molecule has 0 N–H and O–H groups in total. The van der Waals surface area contributed by atoms with Gasteiger partial charge in [-0.1, -0.05) is 53.4 Å². The Labute approximate surface area is 138 Å². The Morgan fingerprint density at radius 2 is 0.905 bits per heavy atom. The molecule has 0 aromatic heterocycles. The van der Waals surface area contributed by atoms with Gasteiger partial charge in [0.15, 0.2) is 19.5 Å². The van der Waals surface area contributed by atoms with Crippen molar-refractivity contribution in [3.05, 3.63) is 0 Å². The third kappa shape index (κ3) is 9.87. The molecule has 0 aromatic rings. The van der Waals surface area contributed by atoms with Crippen LogP contribution in [0.15, 0.2) is 0 Å². The monoisotopic (exact) mass is 332 g/mol. The predicted octanol–water partition coefficient (Wildman–Crippen LogP) is 4.28. The van der Waals surface area contributed by atoms with Crippen LogP contribution in [0.5, 0.6) is 0 Å². The Hall–Kier alpha value is 0.354. The third-order valence-corrected chi connectivity index (χ3v) is 8.42. The number of hydrogen-bond donors (Lipinski definition) is 0. The Kier molecular flexibility index (Phi) is 12.1. The van der Waals surface area contributed by atoms with Gasteiger partial charge in [-0.05, 0) is 45.2 Å². The fourth-order valence-corrected chi connectivity index (χ4v) is 6.54. The number of hydrogen-bond acceptors (Lipinski definition) is 2. The molecule has 0 rings (SSSR count). The summed E-state index contributed by atoms with van der Waals surface area (Å²) < 4.78 is 12.7. The zero-order chi connectivity index (χ0) is 16.2. The highest BCUT2D eigenvalue weighted by Gasteiger charge is 2.24. The highest BCUT2D eigenvalue weighted by Crippen LogP contribution is 2.25. The molecule has 0 spiro atoms. The van der Waals surface area contributed by atoms with Crippen molar-refractivity contribution < 1.29 is 8.85 Å². The van der Waals surface area contributed by atoms with Gasteiger partial charge in [-0.2, -0.15) is 0 Å². The van der Waals surface area contributed by atoms with Gasteiger partial charge in [0.05, 0.1) is 11.2 Å². The maximum atomic E-state index is 6.34. The van der Waals surface area contributed by atoms with Gasteiger partial charge in [0.2, 0.25) is 0 Å². The van der Waals surface area contributed by atoms with Crippen molar-refractivity contribution in [3.63, 3.8) is 0 Å². The summed E-state index contributed by atoms with van der Waals surface area (Å²) in [5.74, 6) is 0. The first-order chi connectivity index (χ1) is 9.95. The lowest BCUT2D eigenvalue weighted by Crippen LogP contribution is -2.33. The predicted molar refractivity (Wildman–Crippen MR) is 101 cm³/mol. The fraction of sp³-hybridized carbons (Fsp3) is 1.00. The van der Waals surface area contributed by atoms with Crippen molar-refractivity contribution in [1.29, 1.82) is 0 Å². The second-order valence-corrected chi connectivity index (χ2v) is 11.2. The quantitative estimate of drug-likeness (QED) is 0.349. The maximum Gasteiger partial charge on any atom is 0.161 e.